The molecule has 0 aliphatic heterocycles. The van der Waals surface area contributed by atoms with E-state index in [1.807, 2.05) is 14.1 Å². The molecule has 0 bridgehead atoms. The van der Waals surface area contributed by atoms with Crippen LogP contribution in [0.2, 0.25) is 0 Å². The summed E-state index contributed by atoms with van der Waals surface area (Å²) in [5, 5.41) is 12.1. The van der Waals surface area contributed by atoms with Gasteiger partial charge < -0.3 is 24.9 Å². The molecule has 0 aliphatic rings. The normalized spacial score (nSPS) is 13.2. The van der Waals surface area contributed by atoms with Gasteiger partial charge in [0, 0.05) is 13.0 Å². The van der Waals surface area contributed by atoms with E-state index >= 15 is 0 Å². The highest BCUT2D eigenvalue weighted by molar-refractivity contribution is 7.85. The highest BCUT2D eigenvalue weighted by atomic mass is 32.2. The van der Waals surface area contributed by atoms with E-state index in [9.17, 15) is 22.9 Å². The third-order valence-corrected chi connectivity index (χ3v) is 3.32. The highest BCUT2D eigenvalue weighted by Crippen LogP contribution is 2.03. The molecule has 4 N–H and O–H groups in total. The van der Waals surface area contributed by atoms with Crippen molar-refractivity contribution < 1.29 is 32.8 Å². The lowest BCUT2D eigenvalue weighted by Gasteiger charge is -2.32. The van der Waals surface area contributed by atoms with Gasteiger partial charge in [-0.1, -0.05) is 6.58 Å². The molecule has 0 saturated heterocycles. The van der Waals surface area contributed by atoms with Crippen LogP contribution in [0.15, 0.2) is 12.7 Å². The Kier molecular flexibility index (Phi) is 9.62. The van der Waals surface area contributed by atoms with Crippen LogP contribution in [-0.2, 0) is 14.9 Å². The zero-order valence-electron chi connectivity index (χ0n) is 11.8. The Bertz CT molecular complexity index is 407. The van der Waals surface area contributed by atoms with Gasteiger partial charge in [0.1, 0.15) is 12.6 Å². The van der Waals surface area contributed by atoms with Crippen LogP contribution < -0.4 is 5.32 Å². The fourth-order valence-electron chi connectivity index (χ4n) is 1.74. The molecule has 0 aromatic rings. The molecule has 0 aromatic carbocycles. The van der Waals surface area contributed by atoms with Gasteiger partial charge in [-0.3, -0.25) is 4.79 Å². The molecular weight excluding hydrogens is 288 g/mol. The standard InChI is InChI=1S/C11H22N2O5S.H2O/c1-4-11(15)12-6-5-7-13(2,3)8-10(14)9-19(16,17)18;/h4,10,14H,1,5-9H2,2-3H3,(H-,12,15,16,17,18);1H2. The predicted molar refractivity (Wildman–Crippen MR) is 73.9 cm³/mol. The molecule has 0 saturated carbocycles. The number of carbonyl (C=O) groups is 1. The van der Waals surface area contributed by atoms with Gasteiger partial charge in [0.15, 0.2) is 0 Å². The molecular formula is C11H24N2O6S. The summed E-state index contributed by atoms with van der Waals surface area (Å²) in [6, 6.07) is 0. The molecule has 0 fully saturated rings. The Balaban J connectivity index is 0. The number of hydrogen-bond donors (Lipinski definition) is 2. The number of nitrogens with zero attached hydrogens (tertiary/aromatic N) is 1. The largest absolute Gasteiger partial charge is 0.748 e. The third-order valence-electron chi connectivity index (χ3n) is 2.53. The minimum Gasteiger partial charge on any atom is -0.748 e. The fraction of sp³-hybridized carbons (Fsp3) is 0.727. The minimum absolute atomic E-state index is 0. The second kappa shape index (κ2) is 9.03. The van der Waals surface area contributed by atoms with Crippen molar-refractivity contribution in [1.29, 1.82) is 0 Å². The summed E-state index contributed by atoms with van der Waals surface area (Å²) in [4.78, 5) is 10.9. The van der Waals surface area contributed by atoms with Gasteiger partial charge >= 0.3 is 0 Å². The zero-order chi connectivity index (χ0) is 15.1. The Labute approximate surface area is 119 Å². The quantitative estimate of drug-likeness (QED) is 0.216. The molecule has 1 atom stereocenters. The molecule has 20 heavy (non-hydrogen) atoms. The second-order valence-corrected chi connectivity index (χ2v) is 6.52. The number of rotatable bonds is 9. The van der Waals surface area contributed by atoms with Crippen LogP contribution in [-0.4, -0.2) is 79.5 Å². The van der Waals surface area contributed by atoms with Crippen LogP contribution >= 0.6 is 0 Å². The fourth-order valence-corrected chi connectivity index (χ4v) is 2.32. The molecule has 1 unspecified atom stereocenters. The summed E-state index contributed by atoms with van der Waals surface area (Å²) < 4.78 is 31.9. The maximum Gasteiger partial charge on any atom is 0.243 e. The van der Waals surface area contributed by atoms with E-state index in [-0.39, 0.29) is 17.9 Å². The monoisotopic (exact) mass is 312 g/mol. The number of aliphatic hydroxyl groups is 1. The van der Waals surface area contributed by atoms with Gasteiger partial charge in [-0.15, -0.1) is 0 Å². The first-order valence-corrected chi connectivity index (χ1v) is 7.47. The van der Waals surface area contributed by atoms with Gasteiger partial charge in [0.25, 0.3) is 0 Å². The van der Waals surface area contributed by atoms with Crippen molar-refractivity contribution in [1.82, 2.24) is 5.32 Å². The Morgan fingerprint density at radius 3 is 2.50 bits per heavy atom. The smallest absolute Gasteiger partial charge is 0.243 e. The first kappa shape index (κ1) is 21.3. The van der Waals surface area contributed by atoms with Gasteiger partial charge in [-0.25, -0.2) is 8.42 Å². The van der Waals surface area contributed by atoms with E-state index in [1.54, 1.807) is 0 Å². The summed E-state index contributed by atoms with van der Waals surface area (Å²) >= 11 is 0. The van der Waals surface area contributed by atoms with Crippen molar-refractivity contribution in [2.24, 2.45) is 0 Å². The topological polar surface area (TPSA) is 138 Å². The Hall–Kier alpha value is -1.00. The lowest BCUT2D eigenvalue weighted by atomic mass is 10.3. The van der Waals surface area contributed by atoms with Crippen molar-refractivity contribution in [3.63, 3.8) is 0 Å². The minimum atomic E-state index is -4.41. The lowest BCUT2D eigenvalue weighted by molar-refractivity contribution is -0.893. The lowest BCUT2D eigenvalue weighted by Crippen LogP contribution is -2.48. The molecule has 0 rings (SSSR count). The summed E-state index contributed by atoms with van der Waals surface area (Å²) in [6.07, 6.45) is 0.673. The van der Waals surface area contributed by atoms with Crippen LogP contribution in [0.1, 0.15) is 6.42 Å². The van der Waals surface area contributed by atoms with Gasteiger partial charge in [0.2, 0.25) is 5.91 Å². The van der Waals surface area contributed by atoms with Gasteiger partial charge in [-0.2, -0.15) is 0 Å². The summed E-state index contributed by atoms with van der Waals surface area (Å²) in [5.41, 5.74) is 0. The van der Waals surface area contributed by atoms with E-state index in [0.717, 1.165) is 0 Å². The zero-order valence-corrected chi connectivity index (χ0v) is 12.6. The molecule has 0 heterocycles. The average molecular weight is 312 g/mol. The number of likely N-dealkylation sites (N-methyl/N-ethyl adjacent to an activating group) is 1. The van der Waals surface area contributed by atoms with E-state index in [2.05, 4.69) is 11.9 Å². The van der Waals surface area contributed by atoms with Gasteiger partial charge in [-0.05, 0) is 6.08 Å². The number of nitrogens with one attached hydrogen (secondary N) is 1. The van der Waals surface area contributed by atoms with Crippen molar-refractivity contribution in [3.8, 4) is 0 Å². The number of quaternary nitrogens is 1. The van der Waals surface area contributed by atoms with Crippen LogP contribution in [0, 0.1) is 0 Å². The Morgan fingerprint density at radius 2 is 2.05 bits per heavy atom. The predicted octanol–water partition coefficient (Wildman–Crippen LogP) is -2.16. The third kappa shape index (κ3) is 12.1. The van der Waals surface area contributed by atoms with Gasteiger partial charge in [0.05, 0.1) is 36.5 Å². The molecule has 9 heteroatoms. The number of aliphatic hydroxyl groups excluding tert-OH is 1. The number of carbonyl (C=O) groups excluding carboxylic acids is 1. The van der Waals surface area contributed by atoms with Crippen molar-refractivity contribution in [3.05, 3.63) is 12.7 Å². The van der Waals surface area contributed by atoms with E-state index in [0.29, 0.717) is 24.0 Å². The summed E-state index contributed by atoms with van der Waals surface area (Å²) in [6.45, 7) is 4.60. The molecule has 0 aliphatic carbocycles. The molecule has 0 spiro atoms. The van der Waals surface area contributed by atoms with E-state index in [1.165, 1.54) is 6.08 Å². The maximum absolute atomic E-state index is 10.9. The highest BCUT2D eigenvalue weighted by Gasteiger charge is 2.21. The van der Waals surface area contributed by atoms with Crippen molar-refractivity contribution >= 4 is 16.0 Å². The van der Waals surface area contributed by atoms with Crippen LogP contribution in [0.25, 0.3) is 0 Å². The van der Waals surface area contributed by atoms with Crippen molar-refractivity contribution in [2.45, 2.75) is 12.5 Å². The average Bonchev–Trinajstić information content (AvgIpc) is 2.20. The Morgan fingerprint density at radius 1 is 1.50 bits per heavy atom. The van der Waals surface area contributed by atoms with E-state index in [4.69, 9.17) is 0 Å². The number of amides is 1. The summed E-state index contributed by atoms with van der Waals surface area (Å²) in [5.74, 6) is -1.02. The van der Waals surface area contributed by atoms with E-state index < -0.39 is 22.0 Å². The molecule has 8 nitrogen and oxygen atoms in total. The molecule has 0 radical (unpaired) electrons. The first-order valence-electron chi connectivity index (χ1n) is 5.89. The molecule has 120 valence electrons. The molecule has 1 amide bonds. The van der Waals surface area contributed by atoms with Crippen LogP contribution in [0.4, 0.5) is 0 Å². The van der Waals surface area contributed by atoms with Crippen molar-refractivity contribution in [2.75, 3.05) is 39.5 Å². The maximum atomic E-state index is 10.9. The summed E-state index contributed by atoms with van der Waals surface area (Å²) in [7, 11) is -0.783. The van der Waals surface area contributed by atoms with Crippen LogP contribution in [0.3, 0.4) is 0 Å². The molecule has 0 aromatic heterocycles. The first-order chi connectivity index (χ1) is 8.56. The second-order valence-electron chi connectivity index (χ2n) is 5.07. The SMILES string of the molecule is C=CC(=O)NCCC[N+](C)(C)CC(O)CS(=O)(=O)[O-].O. The van der Waals surface area contributed by atoms with Crippen LogP contribution in [0.5, 0.6) is 0 Å². The number of hydrogen-bond acceptors (Lipinski definition) is 5.